The summed E-state index contributed by atoms with van der Waals surface area (Å²) in [5, 5.41) is 2.89. The summed E-state index contributed by atoms with van der Waals surface area (Å²) in [5.41, 5.74) is 2.34. The Balaban J connectivity index is 1.94. The fourth-order valence-electron chi connectivity index (χ4n) is 2.57. The molecule has 2 aromatic rings. The number of nitrogens with one attached hydrogen (secondary N) is 1. The Labute approximate surface area is 160 Å². The van der Waals surface area contributed by atoms with Gasteiger partial charge >= 0.3 is 0 Å². The molecule has 0 aliphatic heterocycles. The van der Waals surface area contributed by atoms with Gasteiger partial charge in [0.2, 0.25) is 5.91 Å². The third kappa shape index (κ3) is 5.63. The van der Waals surface area contributed by atoms with Crippen molar-refractivity contribution in [3.8, 4) is 0 Å². The van der Waals surface area contributed by atoms with E-state index in [0.717, 1.165) is 4.90 Å². The molecular formula is C21H26N2O2S. The molecule has 5 heteroatoms. The smallest absolute Gasteiger partial charge is 0.255 e. The molecule has 138 valence electrons. The molecule has 0 atom stereocenters. The fraction of sp³-hybridized carbons (Fsp3) is 0.333. The minimum absolute atomic E-state index is 0.0556. The number of aryl methyl sites for hydroxylation is 1. The molecule has 4 nitrogen and oxygen atoms in total. The lowest BCUT2D eigenvalue weighted by atomic mass is 10.1. The van der Waals surface area contributed by atoms with Crippen molar-refractivity contribution in [1.82, 2.24) is 4.90 Å². The molecule has 0 aliphatic carbocycles. The van der Waals surface area contributed by atoms with Gasteiger partial charge in [0.15, 0.2) is 0 Å². The highest BCUT2D eigenvalue weighted by Gasteiger charge is 2.17. The highest BCUT2D eigenvalue weighted by Crippen LogP contribution is 2.21. The van der Waals surface area contributed by atoms with Gasteiger partial charge in [-0.2, -0.15) is 0 Å². The first-order valence-electron chi connectivity index (χ1n) is 8.92. The van der Waals surface area contributed by atoms with Gasteiger partial charge in [-0.1, -0.05) is 29.8 Å². The lowest BCUT2D eigenvalue weighted by Crippen LogP contribution is -2.31. The maximum absolute atomic E-state index is 12.6. The zero-order chi connectivity index (χ0) is 18.9. The number of carbonyl (C=O) groups excluding carboxylic acids is 2. The monoisotopic (exact) mass is 370 g/mol. The molecule has 2 rings (SSSR count). The standard InChI is InChI=1S/C21H26N2O2S/c1-4-23(5-2)21(25)18-8-6-7-9-19(18)22-20(24)14-15-26-17-12-10-16(3)11-13-17/h6-13H,4-5,14-15H2,1-3H3,(H,22,24). The van der Waals surface area contributed by atoms with Crippen LogP contribution in [-0.2, 0) is 4.79 Å². The van der Waals surface area contributed by atoms with Crippen molar-refractivity contribution >= 4 is 29.3 Å². The van der Waals surface area contributed by atoms with E-state index in [1.807, 2.05) is 26.0 Å². The Kier molecular flexibility index (Phi) is 7.73. The summed E-state index contributed by atoms with van der Waals surface area (Å²) in [6.45, 7) is 7.24. The average Bonchev–Trinajstić information content (AvgIpc) is 2.64. The van der Waals surface area contributed by atoms with E-state index in [0.29, 0.717) is 36.5 Å². The van der Waals surface area contributed by atoms with Gasteiger partial charge in [-0.05, 0) is 45.0 Å². The van der Waals surface area contributed by atoms with Gasteiger partial charge in [-0.3, -0.25) is 9.59 Å². The number of nitrogens with zero attached hydrogens (tertiary/aromatic N) is 1. The minimum Gasteiger partial charge on any atom is -0.339 e. The molecule has 2 amide bonds. The Morgan fingerprint density at radius 2 is 1.65 bits per heavy atom. The Bertz CT molecular complexity index is 740. The number of anilines is 1. The van der Waals surface area contributed by atoms with Gasteiger partial charge in [-0.25, -0.2) is 0 Å². The first kappa shape index (κ1) is 20.0. The predicted octanol–water partition coefficient (Wildman–Crippen LogP) is 4.60. The number of benzene rings is 2. The van der Waals surface area contributed by atoms with Crippen LogP contribution in [0.2, 0.25) is 0 Å². The van der Waals surface area contributed by atoms with Crippen LogP contribution in [0.5, 0.6) is 0 Å². The van der Waals surface area contributed by atoms with E-state index in [4.69, 9.17) is 0 Å². The number of hydrogen-bond acceptors (Lipinski definition) is 3. The molecule has 26 heavy (non-hydrogen) atoms. The predicted molar refractivity (Wildman–Crippen MR) is 109 cm³/mol. The summed E-state index contributed by atoms with van der Waals surface area (Å²) in [7, 11) is 0. The van der Waals surface area contributed by atoms with Gasteiger partial charge in [0.25, 0.3) is 5.91 Å². The summed E-state index contributed by atoms with van der Waals surface area (Å²) < 4.78 is 0. The number of thioether (sulfide) groups is 1. The summed E-state index contributed by atoms with van der Waals surface area (Å²) in [6, 6.07) is 15.5. The molecule has 1 N–H and O–H groups in total. The molecule has 0 aliphatic rings. The lowest BCUT2D eigenvalue weighted by molar-refractivity contribution is -0.115. The van der Waals surface area contributed by atoms with Crippen LogP contribution in [0.3, 0.4) is 0 Å². The van der Waals surface area contributed by atoms with Crippen LogP contribution < -0.4 is 5.32 Å². The largest absolute Gasteiger partial charge is 0.339 e. The SMILES string of the molecule is CCN(CC)C(=O)c1ccccc1NC(=O)CCSc1ccc(C)cc1. The van der Waals surface area contributed by atoms with Crippen LogP contribution in [-0.4, -0.2) is 35.6 Å². The average molecular weight is 371 g/mol. The molecule has 0 spiro atoms. The van der Waals surface area contributed by atoms with Crippen LogP contribution in [0.1, 0.15) is 36.2 Å². The number of rotatable bonds is 8. The number of amides is 2. The quantitative estimate of drug-likeness (QED) is 0.691. The zero-order valence-corrected chi connectivity index (χ0v) is 16.4. The van der Waals surface area contributed by atoms with E-state index < -0.39 is 0 Å². The van der Waals surface area contributed by atoms with Crippen molar-refractivity contribution in [3.05, 3.63) is 59.7 Å². The van der Waals surface area contributed by atoms with Crippen LogP contribution in [0.15, 0.2) is 53.4 Å². The van der Waals surface area contributed by atoms with Crippen LogP contribution in [0, 0.1) is 6.92 Å². The third-order valence-electron chi connectivity index (χ3n) is 4.10. The van der Waals surface area contributed by atoms with Crippen LogP contribution in [0.4, 0.5) is 5.69 Å². The summed E-state index contributed by atoms with van der Waals surface area (Å²) in [6.07, 6.45) is 0.395. The minimum atomic E-state index is -0.0793. The van der Waals surface area contributed by atoms with Crippen molar-refractivity contribution < 1.29 is 9.59 Å². The molecule has 0 saturated heterocycles. The topological polar surface area (TPSA) is 49.4 Å². The van der Waals surface area contributed by atoms with Gasteiger partial charge in [-0.15, -0.1) is 11.8 Å². The highest BCUT2D eigenvalue weighted by atomic mass is 32.2. The Morgan fingerprint density at radius 1 is 1.00 bits per heavy atom. The van der Waals surface area contributed by atoms with Gasteiger partial charge in [0.05, 0.1) is 11.3 Å². The Hall–Kier alpha value is -2.27. The van der Waals surface area contributed by atoms with Crippen molar-refractivity contribution in [2.75, 3.05) is 24.2 Å². The second-order valence-electron chi connectivity index (χ2n) is 5.98. The summed E-state index contributed by atoms with van der Waals surface area (Å²) >= 11 is 1.65. The second kappa shape index (κ2) is 10.0. The van der Waals surface area contributed by atoms with E-state index in [2.05, 4.69) is 36.5 Å². The molecule has 0 fully saturated rings. The lowest BCUT2D eigenvalue weighted by Gasteiger charge is -2.20. The third-order valence-corrected chi connectivity index (χ3v) is 5.11. The van der Waals surface area contributed by atoms with Crippen LogP contribution >= 0.6 is 11.8 Å². The van der Waals surface area contributed by atoms with Crippen molar-refractivity contribution in [2.24, 2.45) is 0 Å². The van der Waals surface area contributed by atoms with Crippen molar-refractivity contribution in [1.29, 1.82) is 0 Å². The Morgan fingerprint density at radius 3 is 2.31 bits per heavy atom. The van der Waals surface area contributed by atoms with Crippen molar-refractivity contribution in [2.45, 2.75) is 32.1 Å². The molecule has 0 bridgehead atoms. The fourth-order valence-corrected chi connectivity index (χ4v) is 3.42. The molecule has 0 aromatic heterocycles. The maximum Gasteiger partial charge on any atom is 0.255 e. The highest BCUT2D eigenvalue weighted by molar-refractivity contribution is 7.99. The second-order valence-corrected chi connectivity index (χ2v) is 7.15. The van der Waals surface area contributed by atoms with Crippen LogP contribution in [0.25, 0.3) is 0 Å². The van der Waals surface area contributed by atoms with E-state index in [-0.39, 0.29) is 11.8 Å². The van der Waals surface area contributed by atoms with Gasteiger partial charge in [0.1, 0.15) is 0 Å². The number of hydrogen-bond donors (Lipinski definition) is 1. The number of carbonyl (C=O) groups is 2. The van der Waals surface area contributed by atoms with E-state index in [1.165, 1.54) is 5.56 Å². The summed E-state index contributed by atoms with van der Waals surface area (Å²) in [5.74, 6) is 0.561. The number of para-hydroxylation sites is 1. The van der Waals surface area contributed by atoms with E-state index in [9.17, 15) is 9.59 Å². The molecular weight excluding hydrogens is 344 g/mol. The molecule has 0 unspecified atom stereocenters. The van der Waals surface area contributed by atoms with E-state index >= 15 is 0 Å². The van der Waals surface area contributed by atoms with Gasteiger partial charge in [0, 0.05) is 30.2 Å². The van der Waals surface area contributed by atoms with Crippen molar-refractivity contribution in [3.63, 3.8) is 0 Å². The molecule has 2 aromatic carbocycles. The maximum atomic E-state index is 12.6. The molecule has 0 heterocycles. The van der Waals surface area contributed by atoms with Gasteiger partial charge < -0.3 is 10.2 Å². The van der Waals surface area contributed by atoms with E-state index in [1.54, 1.807) is 28.8 Å². The molecule has 0 saturated carbocycles. The first-order valence-corrected chi connectivity index (χ1v) is 9.91. The summed E-state index contributed by atoms with van der Waals surface area (Å²) in [4.78, 5) is 27.8. The normalized spacial score (nSPS) is 10.4. The molecule has 0 radical (unpaired) electrons. The first-order chi connectivity index (χ1) is 12.5. The zero-order valence-electron chi connectivity index (χ0n) is 15.6.